The van der Waals surface area contributed by atoms with Gasteiger partial charge in [0, 0.05) is 7.11 Å². The Balaban J connectivity index is 1.86. The summed E-state index contributed by atoms with van der Waals surface area (Å²) in [4.78, 5) is 4.69. The van der Waals surface area contributed by atoms with Crippen molar-refractivity contribution in [1.82, 2.24) is 15.5 Å². The van der Waals surface area contributed by atoms with Crippen molar-refractivity contribution in [3.05, 3.63) is 11.7 Å². The Morgan fingerprint density at radius 2 is 1.95 bits per heavy atom. The molecule has 5 heteroatoms. The largest absolute Gasteiger partial charge is 0.370 e. The summed E-state index contributed by atoms with van der Waals surface area (Å²) < 4.78 is 11.3. The van der Waals surface area contributed by atoms with Gasteiger partial charge in [0.2, 0.25) is 11.7 Å². The maximum Gasteiger partial charge on any atom is 0.244 e. The number of hydrogen-bond donors (Lipinski definition) is 1. The SMILES string of the molecule is COC1(c2noc(C3NCCCC3(C)C)n2)CCCC1. The lowest BCUT2D eigenvalue weighted by molar-refractivity contribution is -0.0178. The van der Waals surface area contributed by atoms with Crippen LogP contribution < -0.4 is 5.32 Å². The molecule has 1 unspecified atom stereocenters. The maximum absolute atomic E-state index is 5.73. The monoisotopic (exact) mass is 279 g/mol. The lowest BCUT2D eigenvalue weighted by Crippen LogP contribution is -2.40. The molecule has 5 nitrogen and oxygen atoms in total. The first-order chi connectivity index (χ1) is 9.57. The van der Waals surface area contributed by atoms with Crippen LogP contribution in [0.5, 0.6) is 0 Å². The van der Waals surface area contributed by atoms with Crippen LogP contribution in [0, 0.1) is 5.41 Å². The number of ether oxygens (including phenoxy) is 1. The molecule has 0 amide bonds. The van der Waals surface area contributed by atoms with Gasteiger partial charge in [-0.3, -0.25) is 0 Å². The van der Waals surface area contributed by atoms with E-state index < -0.39 is 0 Å². The summed E-state index contributed by atoms with van der Waals surface area (Å²) in [6.45, 7) is 5.53. The summed E-state index contributed by atoms with van der Waals surface area (Å²) in [5, 5.41) is 7.75. The molecule has 112 valence electrons. The van der Waals surface area contributed by atoms with Gasteiger partial charge >= 0.3 is 0 Å². The van der Waals surface area contributed by atoms with E-state index in [-0.39, 0.29) is 17.1 Å². The van der Waals surface area contributed by atoms with Crippen molar-refractivity contribution in [2.24, 2.45) is 5.41 Å². The molecule has 0 spiro atoms. The lowest BCUT2D eigenvalue weighted by atomic mass is 9.77. The van der Waals surface area contributed by atoms with Crippen LogP contribution in [0.1, 0.15) is 70.1 Å². The third-order valence-electron chi connectivity index (χ3n) is 5.03. The molecule has 0 bridgehead atoms. The Hall–Kier alpha value is -0.940. The van der Waals surface area contributed by atoms with Crippen molar-refractivity contribution in [1.29, 1.82) is 0 Å². The van der Waals surface area contributed by atoms with Gasteiger partial charge in [-0.25, -0.2) is 0 Å². The summed E-state index contributed by atoms with van der Waals surface area (Å²) in [7, 11) is 1.75. The minimum absolute atomic E-state index is 0.146. The molecular formula is C15H25N3O2. The zero-order valence-electron chi connectivity index (χ0n) is 12.7. The average molecular weight is 279 g/mol. The highest BCUT2D eigenvalue weighted by molar-refractivity contribution is 5.08. The highest BCUT2D eigenvalue weighted by atomic mass is 16.5. The molecule has 1 aliphatic heterocycles. The van der Waals surface area contributed by atoms with Crippen molar-refractivity contribution in [2.45, 2.75) is 64.0 Å². The predicted octanol–water partition coefficient (Wildman–Crippen LogP) is 2.94. The van der Waals surface area contributed by atoms with Crippen molar-refractivity contribution in [3.63, 3.8) is 0 Å². The molecule has 1 N–H and O–H groups in total. The smallest absolute Gasteiger partial charge is 0.244 e. The predicted molar refractivity (Wildman–Crippen MR) is 75.2 cm³/mol. The molecule has 1 aromatic heterocycles. The van der Waals surface area contributed by atoms with E-state index in [0.717, 1.165) is 25.2 Å². The van der Waals surface area contributed by atoms with E-state index in [1.807, 2.05) is 0 Å². The van der Waals surface area contributed by atoms with E-state index in [4.69, 9.17) is 9.26 Å². The van der Waals surface area contributed by atoms with Crippen LogP contribution in [0.25, 0.3) is 0 Å². The standard InChI is InChI=1S/C15H25N3O2/c1-14(2)7-6-10-16-11(14)12-17-13(18-20-12)15(19-3)8-4-5-9-15/h11,16H,4-10H2,1-3H3. The molecule has 2 fully saturated rings. The molecule has 20 heavy (non-hydrogen) atoms. The van der Waals surface area contributed by atoms with E-state index >= 15 is 0 Å². The van der Waals surface area contributed by atoms with Crippen molar-refractivity contribution < 1.29 is 9.26 Å². The summed E-state index contributed by atoms with van der Waals surface area (Å²) >= 11 is 0. The number of nitrogens with one attached hydrogen (secondary N) is 1. The summed E-state index contributed by atoms with van der Waals surface area (Å²) in [6.07, 6.45) is 6.70. The molecule has 1 aromatic rings. The zero-order valence-corrected chi connectivity index (χ0v) is 12.7. The first-order valence-corrected chi connectivity index (χ1v) is 7.70. The summed E-state index contributed by atoms with van der Waals surface area (Å²) in [5.74, 6) is 1.45. The van der Waals surface area contributed by atoms with Crippen molar-refractivity contribution in [2.75, 3.05) is 13.7 Å². The number of hydrogen-bond acceptors (Lipinski definition) is 5. The van der Waals surface area contributed by atoms with Crippen LogP contribution >= 0.6 is 0 Å². The molecule has 2 aliphatic rings. The zero-order chi connectivity index (χ0) is 14.2. The molecule has 0 radical (unpaired) electrons. The molecule has 1 aliphatic carbocycles. The minimum Gasteiger partial charge on any atom is -0.370 e. The minimum atomic E-state index is -0.319. The summed E-state index contributed by atoms with van der Waals surface area (Å²) in [5.41, 5.74) is -0.168. The third kappa shape index (κ3) is 2.27. The average Bonchev–Trinajstić information content (AvgIpc) is 3.07. The number of aromatic nitrogens is 2. The molecule has 1 atom stereocenters. The third-order valence-corrected chi connectivity index (χ3v) is 5.03. The lowest BCUT2D eigenvalue weighted by Gasteiger charge is -2.37. The van der Waals surface area contributed by atoms with Crippen LogP contribution in [-0.4, -0.2) is 23.8 Å². The van der Waals surface area contributed by atoms with E-state index in [2.05, 4.69) is 29.3 Å². The van der Waals surface area contributed by atoms with Crippen LogP contribution in [0.2, 0.25) is 0 Å². The number of piperidine rings is 1. The van der Waals surface area contributed by atoms with Gasteiger partial charge in [-0.15, -0.1) is 0 Å². The molecule has 1 saturated carbocycles. The Bertz CT molecular complexity index is 463. The fourth-order valence-electron chi connectivity index (χ4n) is 3.64. The number of rotatable bonds is 3. The second kappa shape index (κ2) is 5.11. The van der Waals surface area contributed by atoms with Gasteiger partial charge < -0.3 is 14.6 Å². The quantitative estimate of drug-likeness (QED) is 0.921. The second-order valence-corrected chi connectivity index (χ2v) is 6.84. The van der Waals surface area contributed by atoms with E-state index in [0.29, 0.717) is 5.89 Å². The summed E-state index contributed by atoms with van der Waals surface area (Å²) in [6, 6.07) is 0.146. The Kier molecular flexibility index (Phi) is 3.58. The van der Waals surface area contributed by atoms with Crippen molar-refractivity contribution in [3.8, 4) is 0 Å². The molecule has 0 aromatic carbocycles. The first kappa shape index (κ1) is 14.0. The van der Waals surface area contributed by atoms with Crippen LogP contribution in [0.4, 0.5) is 0 Å². The molecule has 2 heterocycles. The topological polar surface area (TPSA) is 60.2 Å². The van der Waals surface area contributed by atoms with Crippen LogP contribution in [-0.2, 0) is 10.3 Å². The van der Waals surface area contributed by atoms with Gasteiger partial charge in [-0.2, -0.15) is 4.98 Å². The Labute approximate surface area is 120 Å². The fraction of sp³-hybridized carbons (Fsp3) is 0.867. The highest BCUT2D eigenvalue weighted by Gasteiger charge is 2.42. The van der Waals surface area contributed by atoms with Gasteiger partial charge in [0.1, 0.15) is 5.60 Å². The van der Waals surface area contributed by atoms with Gasteiger partial charge in [0.25, 0.3) is 0 Å². The molecule has 3 rings (SSSR count). The number of methoxy groups -OCH3 is 1. The maximum atomic E-state index is 5.73. The van der Waals surface area contributed by atoms with Gasteiger partial charge in [0.15, 0.2) is 0 Å². The van der Waals surface area contributed by atoms with Crippen LogP contribution in [0.15, 0.2) is 4.52 Å². The van der Waals surface area contributed by atoms with E-state index in [1.54, 1.807) is 7.11 Å². The molecule has 1 saturated heterocycles. The van der Waals surface area contributed by atoms with Gasteiger partial charge in [0.05, 0.1) is 6.04 Å². The number of nitrogens with zero attached hydrogens (tertiary/aromatic N) is 2. The fourth-order valence-corrected chi connectivity index (χ4v) is 3.64. The molecular weight excluding hydrogens is 254 g/mol. The first-order valence-electron chi connectivity index (χ1n) is 7.70. The second-order valence-electron chi connectivity index (χ2n) is 6.84. The van der Waals surface area contributed by atoms with Crippen LogP contribution in [0.3, 0.4) is 0 Å². The van der Waals surface area contributed by atoms with Crippen molar-refractivity contribution >= 4 is 0 Å². The Morgan fingerprint density at radius 1 is 1.20 bits per heavy atom. The highest BCUT2D eigenvalue weighted by Crippen LogP contribution is 2.43. The Morgan fingerprint density at radius 3 is 2.60 bits per heavy atom. The van der Waals surface area contributed by atoms with Gasteiger partial charge in [-0.05, 0) is 50.5 Å². The van der Waals surface area contributed by atoms with Gasteiger partial charge in [-0.1, -0.05) is 19.0 Å². The van der Waals surface area contributed by atoms with E-state index in [1.165, 1.54) is 25.7 Å². The van der Waals surface area contributed by atoms with E-state index in [9.17, 15) is 0 Å². The normalized spacial score (nSPS) is 28.6.